The van der Waals surface area contributed by atoms with Gasteiger partial charge in [-0.15, -0.1) is 0 Å². The summed E-state index contributed by atoms with van der Waals surface area (Å²) in [6.45, 7) is 8.03. The molecular weight excluding hydrogens is 604 g/mol. The van der Waals surface area contributed by atoms with E-state index in [1.165, 1.54) is 5.56 Å². The minimum Gasteiger partial charge on any atom is -0.374 e. The standard InChI is InChI=1S/C33H39ClN10O2/c1-33(35)10-12-44(13-11-33)26-19-36-30-29(40-41-31(30)38-26)23-6-3-7-25(28(23)34)43-16-14-42(15-17-43)20-21-4-2-5-22(18-21)37-24-8-9-27(45)39-32(24)46/h2-7,18-19,24,37H,8-17,20,35H2,1H3,(H,38,40,41)(H,39,45,46). The molecule has 5 heterocycles. The average Bonchev–Trinajstić information content (AvgIpc) is 3.46. The fourth-order valence-electron chi connectivity index (χ4n) is 6.52. The lowest BCUT2D eigenvalue weighted by atomic mass is 9.91. The Bertz CT molecular complexity index is 1760. The number of imide groups is 1. The Morgan fingerprint density at radius 3 is 2.61 bits per heavy atom. The summed E-state index contributed by atoms with van der Waals surface area (Å²) in [6.07, 6.45) is 4.49. The fourth-order valence-corrected chi connectivity index (χ4v) is 6.86. The van der Waals surface area contributed by atoms with Crippen LogP contribution in [0.5, 0.6) is 0 Å². The third-order valence-corrected chi connectivity index (χ3v) is 9.74. The summed E-state index contributed by atoms with van der Waals surface area (Å²) >= 11 is 7.06. The monoisotopic (exact) mass is 642 g/mol. The highest BCUT2D eigenvalue weighted by molar-refractivity contribution is 6.36. The molecule has 3 saturated heterocycles. The summed E-state index contributed by atoms with van der Waals surface area (Å²) in [5.41, 5.74) is 12.1. The van der Waals surface area contributed by atoms with Gasteiger partial charge in [0, 0.05) is 69.0 Å². The first-order valence-corrected chi connectivity index (χ1v) is 16.3. The number of piperidine rings is 2. The van der Waals surface area contributed by atoms with Gasteiger partial charge in [0.2, 0.25) is 11.8 Å². The zero-order valence-corrected chi connectivity index (χ0v) is 26.7. The number of nitrogens with zero attached hydrogens (tertiary/aromatic N) is 6. The molecule has 3 aliphatic heterocycles. The van der Waals surface area contributed by atoms with E-state index in [2.05, 4.69) is 60.7 Å². The number of hydrogen-bond donors (Lipinski definition) is 4. The number of carbonyl (C=O) groups excluding carboxylic acids is 2. The van der Waals surface area contributed by atoms with E-state index in [0.717, 1.165) is 81.4 Å². The van der Waals surface area contributed by atoms with Gasteiger partial charge in [0.05, 0.1) is 16.9 Å². The highest BCUT2D eigenvalue weighted by atomic mass is 35.5. The lowest BCUT2D eigenvalue weighted by Gasteiger charge is -2.37. The molecule has 240 valence electrons. The largest absolute Gasteiger partial charge is 0.374 e. The lowest BCUT2D eigenvalue weighted by molar-refractivity contribution is -0.133. The summed E-state index contributed by atoms with van der Waals surface area (Å²) in [5.74, 6) is 0.348. The predicted octanol–water partition coefficient (Wildman–Crippen LogP) is 3.53. The number of piperazine rings is 1. The normalized spacial score (nSPS) is 20.6. The van der Waals surface area contributed by atoms with E-state index in [4.69, 9.17) is 27.3 Å². The minimum absolute atomic E-state index is 0.131. The van der Waals surface area contributed by atoms with Crippen molar-refractivity contribution in [2.45, 2.75) is 50.7 Å². The number of rotatable bonds is 7. The van der Waals surface area contributed by atoms with Crippen LogP contribution >= 0.6 is 11.6 Å². The third-order valence-electron chi connectivity index (χ3n) is 9.35. The van der Waals surface area contributed by atoms with Crippen molar-refractivity contribution in [1.29, 1.82) is 0 Å². The Morgan fingerprint density at radius 2 is 1.83 bits per heavy atom. The highest BCUT2D eigenvalue weighted by Gasteiger charge is 2.28. The van der Waals surface area contributed by atoms with E-state index in [0.29, 0.717) is 34.7 Å². The predicted molar refractivity (Wildman–Crippen MR) is 180 cm³/mol. The van der Waals surface area contributed by atoms with Gasteiger partial charge in [-0.05, 0) is 49.9 Å². The van der Waals surface area contributed by atoms with Gasteiger partial charge in [-0.1, -0.05) is 35.9 Å². The van der Waals surface area contributed by atoms with Crippen LogP contribution in [0.1, 0.15) is 38.2 Å². The molecule has 7 rings (SSSR count). The minimum atomic E-state index is -0.399. The molecule has 46 heavy (non-hydrogen) atoms. The number of aromatic nitrogens is 4. The Balaban J connectivity index is 0.996. The quantitative estimate of drug-likeness (QED) is 0.221. The molecule has 2 amide bonds. The number of halogens is 1. The number of amides is 2. The van der Waals surface area contributed by atoms with Crippen LogP contribution in [0.25, 0.3) is 22.4 Å². The van der Waals surface area contributed by atoms with E-state index < -0.39 is 6.04 Å². The SMILES string of the molecule is CC1(N)CCN(c2cnc3c(-c4cccc(N5CCN(Cc6cccc(NC7CCC(=O)NC7=O)c6)CC5)c4Cl)n[nH]c3n2)CC1. The maximum atomic E-state index is 12.2. The number of aromatic amines is 1. The molecule has 0 radical (unpaired) electrons. The zero-order valence-electron chi connectivity index (χ0n) is 25.9. The molecule has 1 unspecified atom stereocenters. The van der Waals surface area contributed by atoms with Crippen LogP contribution < -0.4 is 26.2 Å². The van der Waals surface area contributed by atoms with Crippen LogP contribution in [-0.2, 0) is 16.1 Å². The van der Waals surface area contributed by atoms with Crippen molar-refractivity contribution < 1.29 is 9.59 Å². The van der Waals surface area contributed by atoms with E-state index in [-0.39, 0.29) is 17.4 Å². The number of carbonyl (C=O) groups is 2. The van der Waals surface area contributed by atoms with Crippen LogP contribution in [0, 0.1) is 0 Å². The number of H-pyrrole nitrogens is 1. The number of nitrogens with one attached hydrogen (secondary N) is 3. The molecule has 2 aromatic carbocycles. The molecule has 3 fully saturated rings. The molecule has 12 nitrogen and oxygen atoms in total. The first-order chi connectivity index (χ1) is 22.2. The Kier molecular flexibility index (Phi) is 8.26. The maximum absolute atomic E-state index is 12.2. The summed E-state index contributed by atoms with van der Waals surface area (Å²) in [4.78, 5) is 40.2. The number of anilines is 3. The van der Waals surface area contributed by atoms with Gasteiger partial charge in [0.1, 0.15) is 23.1 Å². The molecule has 2 aromatic heterocycles. The second kappa shape index (κ2) is 12.5. The molecule has 0 aliphatic carbocycles. The van der Waals surface area contributed by atoms with Gasteiger partial charge in [-0.25, -0.2) is 9.97 Å². The second-order valence-corrected chi connectivity index (χ2v) is 13.3. The smallest absolute Gasteiger partial charge is 0.249 e. The zero-order chi connectivity index (χ0) is 31.8. The van der Waals surface area contributed by atoms with E-state index in [1.54, 1.807) is 0 Å². The van der Waals surface area contributed by atoms with Crippen molar-refractivity contribution >= 4 is 51.8 Å². The molecule has 13 heteroatoms. The number of fused-ring (bicyclic) bond motifs is 1. The Labute approximate surface area is 272 Å². The van der Waals surface area contributed by atoms with Gasteiger partial charge < -0.3 is 20.9 Å². The highest BCUT2D eigenvalue weighted by Crippen LogP contribution is 2.38. The van der Waals surface area contributed by atoms with Gasteiger partial charge >= 0.3 is 0 Å². The van der Waals surface area contributed by atoms with Crippen molar-refractivity contribution in [1.82, 2.24) is 30.4 Å². The maximum Gasteiger partial charge on any atom is 0.249 e. The van der Waals surface area contributed by atoms with E-state index >= 15 is 0 Å². The summed E-state index contributed by atoms with van der Waals surface area (Å²) in [6, 6.07) is 13.8. The molecule has 4 aromatic rings. The van der Waals surface area contributed by atoms with Gasteiger partial charge in [-0.3, -0.25) is 24.9 Å². The molecule has 1 atom stereocenters. The van der Waals surface area contributed by atoms with Gasteiger partial charge in [0.25, 0.3) is 0 Å². The average molecular weight is 643 g/mol. The van der Waals surface area contributed by atoms with Crippen molar-refractivity contribution in [3.63, 3.8) is 0 Å². The second-order valence-electron chi connectivity index (χ2n) is 12.9. The molecule has 3 aliphatic rings. The van der Waals surface area contributed by atoms with E-state index in [9.17, 15) is 9.59 Å². The van der Waals surface area contributed by atoms with Crippen LogP contribution in [0.15, 0.2) is 48.7 Å². The van der Waals surface area contributed by atoms with Gasteiger partial charge in [0.15, 0.2) is 5.65 Å². The topological polar surface area (TPSA) is 148 Å². The summed E-state index contributed by atoms with van der Waals surface area (Å²) < 4.78 is 0. The first kappa shape index (κ1) is 30.4. The lowest BCUT2D eigenvalue weighted by Crippen LogP contribution is -2.48. The van der Waals surface area contributed by atoms with Crippen molar-refractivity contribution in [2.24, 2.45) is 5.73 Å². The molecule has 0 spiro atoms. The first-order valence-electron chi connectivity index (χ1n) is 15.9. The molecule has 5 N–H and O–H groups in total. The van der Waals surface area contributed by atoms with Crippen molar-refractivity contribution in [2.75, 3.05) is 54.4 Å². The third kappa shape index (κ3) is 6.37. The number of hydrogen-bond acceptors (Lipinski definition) is 10. The van der Waals surface area contributed by atoms with Gasteiger partial charge in [-0.2, -0.15) is 5.10 Å². The fraction of sp³-hybridized carbons (Fsp3) is 0.424. The van der Waals surface area contributed by atoms with Crippen molar-refractivity contribution in [3.8, 4) is 11.3 Å². The molecule has 0 saturated carbocycles. The summed E-state index contributed by atoms with van der Waals surface area (Å²) in [7, 11) is 0. The summed E-state index contributed by atoms with van der Waals surface area (Å²) in [5, 5.41) is 14.0. The number of nitrogens with two attached hydrogens (primary N) is 1. The van der Waals surface area contributed by atoms with Crippen LogP contribution in [0.3, 0.4) is 0 Å². The molecule has 0 bridgehead atoms. The van der Waals surface area contributed by atoms with Crippen LogP contribution in [0.2, 0.25) is 5.02 Å². The Hall–Kier alpha value is -4.26. The Morgan fingerprint density at radius 1 is 1.04 bits per heavy atom. The number of benzene rings is 2. The van der Waals surface area contributed by atoms with Crippen LogP contribution in [-0.4, -0.2) is 87.7 Å². The van der Waals surface area contributed by atoms with E-state index in [1.807, 2.05) is 30.5 Å². The van der Waals surface area contributed by atoms with Crippen molar-refractivity contribution in [3.05, 3.63) is 59.2 Å². The van der Waals surface area contributed by atoms with Crippen LogP contribution in [0.4, 0.5) is 17.2 Å². The molecular formula is C33H39ClN10O2.